The zero-order valence-electron chi connectivity index (χ0n) is 12.8. The Morgan fingerprint density at radius 1 is 1.12 bits per heavy atom. The van der Waals surface area contributed by atoms with Crippen LogP contribution in [0.4, 0.5) is 11.4 Å². The van der Waals surface area contributed by atoms with Crippen molar-refractivity contribution in [3.05, 3.63) is 58.1 Å². The van der Waals surface area contributed by atoms with Gasteiger partial charge in [0.1, 0.15) is 6.54 Å². The molecule has 3 rings (SSSR count). The molecule has 0 saturated heterocycles. The maximum absolute atomic E-state index is 12.4. The van der Waals surface area contributed by atoms with E-state index in [0.717, 1.165) is 0 Å². The number of carbonyl (C=O) groups excluding carboxylic acids is 3. The van der Waals surface area contributed by atoms with E-state index in [4.69, 9.17) is 27.9 Å². The molecule has 2 aromatic carbocycles. The average molecular weight is 379 g/mol. The second-order valence-electron chi connectivity index (χ2n) is 5.28. The number of amides is 2. The third kappa shape index (κ3) is 3.92. The fourth-order valence-electron chi connectivity index (χ4n) is 2.42. The van der Waals surface area contributed by atoms with E-state index in [9.17, 15) is 14.4 Å². The lowest BCUT2D eigenvalue weighted by molar-refractivity contribution is -0.124. The largest absolute Gasteiger partial charge is 0.452 e. The van der Waals surface area contributed by atoms with E-state index in [1.165, 1.54) is 23.1 Å². The lowest BCUT2D eigenvalue weighted by Gasteiger charge is -2.28. The number of carbonyl (C=O) groups is 3. The number of esters is 1. The quantitative estimate of drug-likeness (QED) is 0.832. The van der Waals surface area contributed by atoms with Gasteiger partial charge in [-0.05, 0) is 30.3 Å². The van der Waals surface area contributed by atoms with E-state index in [-0.39, 0.29) is 28.1 Å². The van der Waals surface area contributed by atoms with Gasteiger partial charge >= 0.3 is 5.97 Å². The number of anilines is 2. The fourth-order valence-corrected chi connectivity index (χ4v) is 2.94. The number of ether oxygens (including phenoxy) is 1. The van der Waals surface area contributed by atoms with Gasteiger partial charge in [-0.1, -0.05) is 35.3 Å². The van der Waals surface area contributed by atoms with Gasteiger partial charge in [0.25, 0.3) is 5.91 Å². The molecule has 0 bridgehead atoms. The number of fused-ring (bicyclic) bond motifs is 1. The Kier molecular flexibility index (Phi) is 4.92. The van der Waals surface area contributed by atoms with Crippen molar-refractivity contribution in [2.45, 2.75) is 0 Å². The zero-order valence-corrected chi connectivity index (χ0v) is 14.3. The lowest BCUT2D eigenvalue weighted by Crippen LogP contribution is -2.44. The zero-order chi connectivity index (χ0) is 18.0. The standard InChI is InChI=1S/C17H12Cl2N2O4/c18-11-5-10(6-12(19)7-11)17(24)25-9-16(23)21-8-15(22)20-13-3-1-2-4-14(13)21/h1-7H,8-9H2,(H,20,22). The predicted octanol–water partition coefficient (Wildman–Crippen LogP) is 3.14. The van der Waals surface area contributed by atoms with E-state index in [2.05, 4.69) is 5.32 Å². The summed E-state index contributed by atoms with van der Waals surface area (Å²) in [5.41, 5.74) is 1.22. The van der Waals surface area contributed by atoms with Gasteiger partial charge in [0, 0.05) is 10.0 Å². The molecule has 128 valence electrons. The first-order valence-corrected chi connectivity index (χ1v) is 8.02. The van der Waals surface area contributed by atoms with Gasteiger partial charge in [-0.2, -0.15) is 0 Å². The highest BCUT2D eigenvalue weighted by molar-refractivity contribution is 6.35. The summed E-state index contributed by atoms with van der Waals surface area (Å²) < 4.78 is 5.02. The first-order chi connectivity index (χ1) is 11.9. The third-order valence-corrected chi connectivity index (χ3v) is 3.93. The van der Waals surface area contributed by atoms with Gasteiger partial charge in [0.15, 0.2) is 6.61 Å². The van der Waals surface area contributed by atoms with Crippen LogP contribution in [0.3, 0.4) is 0 Å². The van der Waals surface area contributed by atoms with Gasteiger partial charge in [0.05, 0.1) is 16.9 Å². The van der Waals surface area contributed by atoms with E-state index >= 15 is 0 Å². The van der Waals surface area contributed by atoms with Crippen LogP contribution >= 0.6 is 23.2 Å². The minimum absolute atomic E-state index is 0.141. The number of para-hydroxylation sites is 2. The molecule has 0 fully saturated rings. The van der Waals surface area contributed by atoms with E-state index in [0.29, 0.717) is 11.4 Å². The van der Waals surface area contributed by atoms with Crippen molar-refractivity contribution in [2.24, 2.45) is 0 Å². The molecule has 1 aliphatic rings. The summed E-state index contributed by atoms with van der Waals surface area (Å²) >= 11 is 11.7. The molecule has 1 N–H and O–H groups in total. The molecule has 0 unspecified atom stereocenters. The SMILES string of the molecule is O=C1CN(C(=O)COC(=O)c2cc(Cl)cc(Cl)c2)c2ccccc2N1. The molecule has 0 saturated carbocycles. The highest BCUT2D eigenvalue weighted by Gasteiger charge is 2.27. The molecular weight excluding hydrogens is 367 g/mol. The molecule has 8 heteroatoms. The van der Waals surface area contributed by atoms with Crippen LogP contribution < -0.4 is 10.2 Å². The Morgan fingerprint density at radius 3 is 2.52 bits per heavy atom. The molecule has 2 amide bonds. The monoisotopic (exact) mass is 378 g/mol. The highest BCUT2D eigenvalue weighted by atomic mass is 35.5. The number of rotatable bonds is 3. The molecule has 2 aromatic rings. The van der Waals surface area contributed by atoms with Crippen LogP contribution in [0.2, 0.25) is 10.0 Å². The summed E-state index contributed by atoms with van der Waals surface area (Å²) in [6.45, 7) is -0.652. The Hall–Kier alpha value is -2.57. The second kappa shape index (κ2) is 7.13. The average Bonchev–Trinajstić information content (AvgIpc) is 2.57. The van der Waals surface area contributed by atoms with Gasteiger partial charge < -0.3 is 10.1 Å². The summed E-state index contributed by atoms with van der Waals surface area (Å²) in [7, 11) is 0. The summed E-state index contributed by atoms with van der Waals surface area (Å²) in [5, 5.41) is 3.25. The Balaban J connectivity index is 1.70. The molecule has 1 heterocycles. The van der Waals surface area contributed by atoms with Crippen LogP contribution in [0.15, 0.2) is 42.5 Å². The summed E-state index contributed by atoms with van der Waals surface area (Å²) in [5.74, 6) is -1.56. The van der Waals surface area contributed by atoms with E-state index < -0.39 is 18.5 Å². The normalized spacial score (nSPS) is 13.0. The van der Waals surface area contributed by atoms with Crippen molar-refractivity contribution >= 4 is 52.4 Å². The number of hydrogen-bond donors (Lipinski definition) is 1. The molecule has 1 aliphatic heterocycles. The van der Waals surface area contributed by atoms with Gasteiger partial charge in [-0.15, -0.1) is 0 Å². The van der Waals surface area contributed by atoms with Crippen molar-refractivity contribution in [2.75, 3.05) is 23.4 Å². The van der Waals surface area contributed by atoms with Gasteiger partial charge in [0.2, 0.25) is 5.91 Å². The maximum atomic E-state index is 12.4. The molecule has 0 aromatic heterocycles. The molecule has 0 atom stereocenters. The van der Waals surface area contributed by atoms with Crippen LogP contribution in [-0.2, 0) is 14.3 Å². The molecule has 0 spiro atoms. The topological polar surface area (TPSA) is 75.7 Å². The number of nitrogens with one attached hydrogen (secondary N) is 1. The predicted molar refractivity (Wildman–Crippen MR) is 94.2 cm³/mol. The lowest BCUT2D eigenvalue weighted by atomic mass is 10.2. The van der Waals surface area contributed by atoms with Crippen LogP contribution in [-0.4, -0.2) is 30.9 Å². The molecular formula is C17H12Cl2N2O4. The number of hydrogen-bond acceptors (Lipinski definition) is 4. The Bertz CT molecular complexity index is 849. The molecule has 6 nitrogen and oxygen atoms in total. The van der Waals surface area contributed by atoms with E-state index in [1.807, 2.05) is 0 Å². The summed E-state index contributed by atoms with van der Waals surface area (Å²) in [6, 6.07) is 11.1. The Labute approximate surface area is 153 Å². The van der Waals surface area contributed by atoms with Crippen molar-refractivity contribution in [1.82, 2.24) is 0 Å². The molecule has 0 aliphatic carbocycles. The van der Waals surface area contributed by atoms with Crippen LogP contribution in [0.1, 0.15) is 10.4 Å². The number of halogens is 2. The number of benzene rings is 2. The number of nitrogens with zero attached hydrogens (tertiary/aromatic N) is 1. The summed E-state index contributed by atoms with van der Waals surface area (Å²) in [4.78, 5) is 37.5. The van der Waals surface area contributed by atoms with Gasteiger partial charge in [-0.25, -0.2) is 4.79 Å². The highest BCUT2D eigenvalue weighted by Crippen LogP contribution is 2.29. The van der Waals surface area contributed by atoms with Crippen molar-refractivity contribution in [3.63, 3.8) is 0 Å². The van der Waals surface area contributed by atoms with Gasteiger partial charge in [-0.3, -0.25) is 14.5 Å². The minimum Gasteiger partial charge on any atom is -0.452 e. The van der Waals surface area contributed by atoms with E-state index in [1.54, 1.807) is 24.3 Å². The van der Waals surface area contributed by atoms with Crippen LogP contribution in [0.25, 0.3) is 0 Å². The maximum Gasteiger partial charge on any atom is 0.338 e. The summed E-state index contributed by atoms with van der Waals surface area (Å²) in [6.07, 6.45) is 0. The molecule has 25 heavy (non-hydrogen) atoms. The fraction of sp³-hybridized carbons (Fsp3) is 0.118. The Morgan fingerprint density at radius 2 is 1.80 bits per heavy atom. The first-order valence-electron chi connectivity index (χ1n) is 7.26. The third-order valence-electron chi connectivity index (χ3n) is 3.50. The van der Waals surface area contributed by atoms with Crippen LogP contribution in [0.5, 0.6) is 0 Å². The minimum atomic E-state index is -0.729. The van der Waals surface area contributed by atoms with Crippen LogP contribution in [0, 0.1) is 0 Å². The van der Waals surface area contributed by atoms with Crippen molar-refractivity contribution in [3.8, 4) is 0 Å². The molecule has 0 radical (unpaired) electrons. The van der Waals surface area contributed by atoms with Crippen molar-refractivity contribution < 1.29 is 19.1 Å². The second-order valence-corrected chi connectivity index (χ2v) is 6.15. The first kappa shape index (κ1) is 17.3. The smallest absolute Gasteiger partial charge is 0.338 e. The van der Waals surface area contributed by atoms with Crippen molar-refractivity contribution in [1.29, 1.82) is 0 Å².